The largest absolute Gasteiger partial charge is 0.497 e. The monoisotopic (exact) mass is 232 g/mol. The van der Waals surface area contributed by atoms with Crippen molar-refractivity contribution in [2.24, 2.45) is 7.05 Å². The van der Waals surface area contributed by atoms with E-state index in [1.165, 1.54) is 0 Å². The number of aromatic nitrogens is 2. The van der Waals surface area contributed by atoms with Gasteiger partial charge in [0.1, 0.15) is 11.6 Å². The van der Waals surface area contributed by atoms with E-state index in [1.54, 1.807) is 7.11 Å². The molecular weight excluding hydrogens is 216 g/mol. The molecule has 0 radical (unpaired) electrons. The number of hydrogen-bond acceptors (Lipinski definition) is 3. The molecule has 2 aromatic rings. The summed E-state index contributed by atoms with van der Waals surface area (Å²) in [5, 5.41) is 8.92. The van der Waals surface area contributed by atoms with Crippen molar-refractivity contribution in [3.8, 4) is 17.0 Å². The first-order valence-electron chi connectivity index (χ1n) is 5.52. The van der Waals surface area contributed by atoms with Crippen LogP contribution < -0.4 is 4.74 Å². The molecule has 0 spiro atoms. The van der Waals surface area contributed by atoms with Crippen LogP contribution in [0.3, 0.4) is 0 Å². The summed E-state index contributed by atoms with van der Waals surface area (Å²) in [5.74, 6) is 1.73. The van der Waals surface area contributed by atoms with Gasteiger partial charge >= 0.3 is 0 Å². The van der Waals surface area contributed by atoms with E-state index >= 15 is 0 Å². The topological polar surface area (TPSA) is 47.3 Å². The Morgan fingerprint density at radius 1 is 1.29 bits per heavy atom. The predicted molar refractivity (Wildman–Crippen MR) is 66.0 cm³/mol. The molecule has 0 amide bonds. The summed E-state index contributed by atoms with van der Waals surface area (Å²) in [7, 11) is 3.61. The summed E-state index contributed by atoms with van der Waals surface area (Å²) in [4.78, 5) is 4.30. The minimum atomic E-state index is 0.118. The van der Waals surface area contributed by atoms with Crippen LogP contribution in [0.25, 0.3) is 11.3 Å². The lowest BCUT2D eigenvalue weighted by molar-refractivity contribution is 0.295. The number of methoxy groups -OCH3 is 1. The fourth-order valence-corrected chi connectivity index (χ4v) is 1.81. The number of aliphatic hydroxyl groups excluding tert-OH is 1. The quantitative estimate of drug-likeness (QED) is 0.871. The van der Waals surface area contributed by atoms with Crippen LogP contribution in [0.4, 0.5) is 0 Å². The highest BCUT2D eigenvalue weighted by Crippen LogP contribution is 2.22. The first kappa shape index (κ1) is 11.7. The van der Waals surface area contributed by atoms with E-state index in [4.69, 9.17) is 9.84 Å². The van der Waals surface area contributed by atoms with Gasteiger partial charge in [-0.3, -0.25) is 0 Å². The molecule has 0 fully saturated rings. The molecule has 4 heteroatoms. The van der Waals surface area contributed by atoms with Crippen molar-refractivity contribution in [2.75, 3.05) is 13.7 Å². The summed E-state index contributed by atoms with van der Waals surface area (Å²) in [5.41, 5.74) is 2.13. The van der Waals surface area contributed by atoms with E-state index in [1.807, 2.05) is 42.1 Å². The van der Waals surface area contributed by atoms with Crippen LogP contribution >= 0.6 is 0 Å². The zero-order valence-electron chi connectivity index (χ0n) is 10.1. The van der Waals surface area contributed by atoms with Gasteiger partial charge in [0.2, 0.25) is 0 Å². The second kappa shape index (κ2) is 5.01. The highest BCUT2D eigenvalue weighted by Gasteiger charge is 2.07. The molecule has 0 aliphatic heterocycles. The molecule has 1 heterocycles. The minimum absolute atomic E-state index is 0.118. The average Bonchev–Trinajstić information content (AvgIpc) is 2.72. The second-order valence-electron chi connectivity index (χ2n) is 3.82. The van der Waals surface area contributed by atoms with Gasteiger partial charge in [-0.05, 0) is 24.3 Å². The Labute approximate surface area is 100 Å². The standard InChI is InChI=1S/C13H16N2O2/c1-15-12(9-14-13(15)7-8-16)10-3-5-11(17-2)6-4-10/h3-6,9,16H,7-8H2,1-2H3. The van der Waals surface area contributed by atoms with E-state index in [0.717, 1.165) is 22.8 Å². The number of ether oxygens (including phenoxy) is 1. The Morgan fingerprint density at radius 3 is 2.59 bits per heavy atom. The predicted octanol–water partition coefficient (Wildman–Crippen LogP) is 1.63. The minimum Gasteiger partial charge on any atom is -0.497 e. The maximum atomic E-state index is 8.92. The summed E-state index contributed by atoms with van der Waals surface area (Å²) in [6.45, 7) is 0.118. The molecule has 1 aromatic heterocycles. The third-order valence-corrected chi connectivity index (χ3v) is 2.81. The zero-order valence-corrected chi connectivity index (χ0v) is 10.1. The van der Waals surface area contributed by atoms with Gasteiger partial charge in [0.25, 0.3) is 0 Å². The van der Waals surface area contributed by atoms with Gasteiger partial charge in [0.05, 0.1) is 25.6 Å². The van der Waals surface area contributed by atoms with Crippen LogP contribution in [0.5, 0.6) is 5.75 Å². The van der Waals surface area contributed by atoms with Crippen molar-refractivity contribution in [3.63, 3.8) is 0 Å². The Kier molecular flexibility index (Phi) is 3.44. The van der Waals surface area contributed by atoms with Crippen LogP contribution in [-0.4, -0.2) is 28.4 Å². The number of rotatable bonds is 4. The van der Waals surface area contributed by atoms with Crippen molar-refractivity contribution in [2.45, 2.75) is 6.42 Å². The smallest absolute Gasteiger partial charge is 0.118 e. The van der Waals surface area contributed by atoms with E-state index in [0.29, 0.717) is 6.42 Å². The molecule has 0 bridgehead atoms. The first-order valence-corrected chi connectivity index (χ1v) is 5.52. The number of aliphatic hydroxyl groups is 1. The molecular formula is C13H16N2O2. The number of nitrogens with zero attached hydrogens (tertiary/aromatic N) is 2. The number of hydrogen-bond donors (Lipinski definition) is 1. The molecule has 0 saturated carbocycles. The van der Waals surface area contributed by atoms with Gasteiger partial charge in [-0.1, -0.05) is 0 Å². The highest BCUT2D eigenvalue weighted by molar-refractivity contribution is 5.60. The van der Waals surface area contributed by atoms with Gasteiger partial charge in [-0.25, -0.2) is 4.98 Å². The van der Waals surface area contributed by atoms with Crippen molar-refractivity contribution in [1.82, 2.24) is 9.55 Å². The van der Waals surface area contributed by atoms with Gasteiger partial charge < -0.3 is 14.4 Å². The maximum absolute atomic E-state index is 8.92. The van der Waals surface area contributed by atoms with Crippen LogP contribution in [-0.2, 0) is 13.5 Å². The molecule has 0 atom stereocenters. The SMILES string of the molecule is COc1ccc(-c2cnc(CCO)n2C)cc1. The molecule has 1 N–H and O–H groups in total. The number of benzene rings is 1. The Hall–Kier alpha value is -1.81. The van der Waals surface area contributed by atoms with Gasteiger partial charge in [0.15, 0.2) is 0 Å². The summed E-state index contributed by atoms with van der Waals surface area (Å²) >= 11 is 0. The lowest BCUT2D eigenvalue weighted by atomic mass is 10.1. The molecule has 0 aliphatic rings. The van der Waals surface area contributed by atoms with E-state index in [9.17, 15) is 0 Å². The van der Waals surface area contributed by atoms with Gasteiger partial charge in [-0.15, -0.1) is 0 Å². The first-order chi connectivity index (χ1) is 8.26. The normalized spacial score (nSPS) is 10.5. The van der Waals surface area contributed by atoms with Crippen LogP contribution in [0.2, 0.25) is 0 Å². The fourth-order valence-electron chi connectivity index (χ4n) is 1.81. The number of imidazole rings is 1. The second-order valence-corrected chi connectivity index (χ2v) is 3.82. The molecule has 0 unspecified atom stereocenters. The maximum Gasteiger partial charge on any atom is 0.118 e. The average molecular weight is 232 g/mol. The lowest BCUT2D eigenvalue weighted by Gasteiger charge is -2.06. The fraction of sp³-hybridized carbons (Fsp3) is 0.308. The van der Waals surface area contributed by atoms with Crippen molar-refractivity contribution in [1.29, 1.82) is 0 Å². The third-order valence-electron chi connectivity index (χ3n) is 2.81. The van der Waals surface area contributed by atoms with Crippen LogP contribution in [0.15, 0.2) is 30.5 Å². The Bertz CT molecular complexity index is 489. The van der Waals surface area contributed by atoms with Gasteiger partial charge in [0, 0.05) is 19.0 Å². The van der Waals surface area contributed by atoms with Gasteiger partial charge in [-0.2, -0.15) is 0 Å². The molecule has 0 aliphatic carbocycles. The van der Waals surface area contributed by atoms with Crippen molar-refractivity contribution >= 4 is 0 Å². The molecule has 90 valence electrons. The molecule has 1 aromatic carbocycles. The summed E-state index contributed by atoms with van der Waals surface area (Å²) in [6.07, 6.45) is 2.40. The summed E-state index contributed by atoms with van der Waals surface area (Å²) < 4.78 is 7.12. The molecule has 0 saturated heterocycles. The summed E-state index contributed by atoms with van der Waals surface area (Å²) in [6, 6.07) is 7.85. The zero-order chi connectivity index (χ0) is 12.3. The Balaban J connectivity index is 2.32. The van der Waals surface area contributed by atoms with E-state index < -0.39 is 0 Å². The van der Waals surface area contributed by atoms with E-state index in [2.05, 4.69) is 4.98 Å². The van der Waals surface area contributed by atoms with Crippen molar-refractivity contribution in [3.05, 3.63) is 36.3 Å². The van der Waals surface area contributed by atoms with Crippen LogP contribution in [0.1, 0.15) is 5.82 Å². The Morgan fingerprint density at radius 2 is 2.00 bits per heavy atom. The molecule has 17 heavy (non-hydrogen) atoms. The molecule has 2 rings (SSSR count). The third kappa shape index (κ3) is 2.31. The molecule has 4 nitrogen and oxygen atoms in total. The van der Waals surface area contributed by atoms with Crippen molar-refractivity contribution < 1.29 is 9.84 Å². The van der Waals surface area contributed by atoms with E-state index in [-0.39, 0.29) is 6.61 Å². The highest BCUT2D eigenvalue weighted by atomic mass is 16.5. The van der Waals surface area contributed by atoms with Crippen LogP contribution in [0, 0.1) is 0 Å². The lowest BCUT2D eigenvalue weighted by Crippen LogP contribution is -2.02.